The smallest absolute Gasteiger partial charge is 0.410 e. The molecule has 2 aliphatic rings. The number of nitrogens with zero attached hydrogens (tertiary/aromatic N) is 5. The van der Waals surface area contributed by atoms with E-state index in [4.69, 9.17) is 4.74 Å². The van der Waals surface area contributed by atoms with Crippen molar-refractivity contribution in [3.05, 3.63) is 30.1 Å². The molecule has 0 bridgehead atoms. The molecule has 4 rings (SSSR count). The van der Waals surface area contributed by atoms with Gasteiger partial charge in [-0.25, -0.2) is 9.31 Å². The van der Waals surface area contributed by atoms with Gasteiger partial charge in [-0.3, -0.25) is 9.59 Å². The SMILES string of the molecule is CC(C)(C)OC(=O)N1CC2(CC(=O)CN2C(=O)c2nnn3ccccc23)C1. The first kappa shape index (κ1) is 17.4. The monoisotopic (exact) mass is 371 g/mol. The highest BCUT2D eigenvalue weighted by molar-refractivity contribution is 6.03. The second-order valence-corrected chi connectivity index (χ2v) is 8.14. The number of aromatic nitrogens is 3. The molecule has 4 heterocycles. The predicted octanol–water partition coefficient (Wildman–Crippen LogP) is 1.13. The molecule has 0 aliphatic carbocycles. The Morgan fingerprint density at radius 2 is 1.96 bits per heavy atom. The number of amides is 2. The van der Waals surface area contributed by atoms with Gasteiger partial charge in [-0.2, -0.15) is 0 Å². The van der Waals surface area contributed by atoms with Crippen molar-refractivity contribution in [3.63, 3.8) is 0 Å². The van der Waals surface area contributed by atoms with E-state index in [-0.39, 0.29) is 43.4 Å². The van der Waals surface area contributed by atoms with Crippen LogP contribution in [-0.4, -0.2) is 73.2 Å². The molecule has 0 atom stereocenters. The summed E-state index contributed by atoms with van der Waals surface area (Å²) < 4.78 is 6.89. The normalized spacial score (nSPS) is 18.9. The van der Waals surface area contributed by atoms with Gasteiger partial charge in [0.1, 0.15) is 5.60 Å². The molecular weight excluding hydrogens is 350 g/mol. The summed E-state index contributed by atoms with van der Waals surface area (Å²) in [5.74, 6) is -0.366. The Labute approximate surface area is 155 Å². The van der Waals surface area contributed by atoms with Crippen molar-refractivity contribution in [3.8, 4) is 0 Å². The lowest BCUT2D eigenvalue weighted by Gasteiger charge is -2.51. The maximum Gasteiger partial charge on any atom is 0.410 e. The topological polar surface area (TPSA) is 97.1 Å². The van der Waals surface area contributed by atoms with Gasteiger partial charge in [-0.05, 0) is 32.9 Å². The molecule has 0 N–H and O–H groups in total. The van der Waals surface area contributed by atoms with E-state index in [1.54, 1.807) is 45.2 Å². The van der Waals surface area contributed by atoms with Crippen molar-refractivity contribution < 1.29 is 19.1 Å². The summed E-state index contributed by atoms with van der Waals surface area (Å²) in [6.07, 6.45) is 1.50. The number of pyridine rings is 1. The number of rotatable bonds is 1. The molecule has 2 amide bonds. The first-order chi connectivity index (χ1) is 12.7. The fraction of sp³-hybridized carbons (Fsp3) is 0.500. The van der Waals surface area contributed by atoms with Gasteiger partial charge in [0.25, 0.3) is 5.91 Å². The quantitative estimate of drug-likeness (QED) is 0.746. The molecule has 0 saturated carbocycles. The van der Waals surface area contributed by atoms with Crippen LogP contribution in [0.3, 0.4) is 0 Å². The molecule has 2 aromatic heterocycles. The van der Waals surface area contributed by atoms with Gasteiger partial charge < -0.3 is 14.5 Å². The van der Waals surface area contributed by atoms with E-state index in [1.165, 1.54) is 14.3 Å². The van der Waals surface area contributed by atoms with Crippen LogP contribution < -0.4 is 0 Å². The molecule has 0 aromatic carbocycles. The largest absolute Gasteiger partial charge is 0.444 e. The fourth-order valence-electron chi connectivity index (χ4n) is 3.68. The van der Waals surface area contributed by atoms with Gasteiger partial charge in [0.05, 0.1) is 17.6 Å². The Hall–Kier alpha value is -2.97. The number of carbonyl (C=O) groups excluding carboxylic acids is 3. The zero-order chi connectivity index (χ0) is 19.4. The molecule has 1 spiro atoms. The van der Waals surface area contributed by atoms with Crippen LogP contribution in [0.2, 0.25) is 0 Å². The summed E-state index contributed by atoms with van der Waals surface area (Å²) in [6.45, 7) is 5.97. The fourth-order valence-corrected chi connectivity index (χ4v) is 3.68. The van der Waals surface area contributed by atoms with E-state index in [2.05, 4.69) is 10.3 Å². The number of likely N-dealkylation sites (tertiary alicyclic amines) is 2. The Morgan fingerprint density at radius 3 is 2.67 bits per heavy atom. The van der Waals surface area contributed by atoms with E-state index in [0.29, 0.717) is 5.52 Å². The van der Waals surface area contributed by atoms with E-state index < -0.39 is 17.2 Å². The van der Waals surface area contributed by atoms with Crippen molar-refractivity contribution in [2.45, 2.75) is 38.3 Å². The van der Waals surface area contributed by atoms with Crippen LogP contribution in [0.1, 0.15) is 37.7 Å². The first-order valence-electron chi connectivity index (χ1n) is 8.80. The van der Waals surface area contributed by atoms with E-state index in [0.717, 1.165) is 0 Å². The molecular formula is C18H21N5O4. The Bertz CT molecular complexity index is 939. The van der Waals surface area contributed by atoms with E-state index >= 15 is 0 Å². The van der Waals surface area contributed by atoms with Gasteiger partial charge in [-0.15, -0.1) is 5.10 Å². The molecule has 0 unspecified atom stereocenters. The lowest BCUT2D eigenvalue weighted by Crippen LogP contribution is -2.70. The third kappa shape index (κ3) is 2.92. The van der Waals surface area contributed by atoms with Crippen LogP contribution in [0.25, 0.3) is 5.52 Å². The standard InChI is InChI=1S/C18H21N5O4/c1-17(2,3)27-16(26)21-10-18(11-21)8-12(24)9-22(18)15(25)14-13-6-4-5-7-23(13)20-19-14/h4-7H,8-11H2,1-3H3. The maximum absolute atomic E-state index is 13.1. The highest BCUT2D eigenvalue weighted by Gasteiger charge is 2.57. The Balaban J connectivity index is 1.55. The summed E-state index contributed by atoms with van der Waals surface area (Å²) in [6, 6.07) is 5.35. The average Bonchev–Trinajstić information content (AvgIpc) is 3.12. The number of hydrogen-bond acceptors (Lipinski definition) is 6. The minimum absolute atomic E-state index is 0.0207. The second kappa shape index (κ2) is 5.77. The van der Waals surface area contributed by atoms with Crippen molar-refractivity contribution in [1.29, 1.82) is 0 Å². The molecule has 9 nitrogen and oxygen atoms in total. The third-order valence-electron chi connectivity index (χ3n) is 4.83. The minimum Gasteiger partial charge on any atom is -0.444 e. The molecule has 2 saturated heterocycles. The molecule has 9 heteroatoms. The van der Waals surface area contributed by atoms with Gasteiger partial charge >= 0.3 is 6.09 Å². The van der Waals surface area contributed by atoms with Crippen LogP contribution in [-0.2, 0) is 9.53 Å². The van der Waals surface area contributed by atoms with Crippen LogP contribution in [0.15, 0.2) is 24.4 Å². The molecule has 27 heavy (non-hydrogen) atoms. The summed E-state index contributed by atoms with van der Waals surface area (Å²) in [7, 11) is 0. The molecule has 0 radical (unpaired) electrons. The lowest BCUT2D eigenvalue weighted by molar-refractivity contribution is -0.117. The van der Waals surface area contributed by atoms with Gasteiger partial charge in [0.15, 0.2) is 11.5 Å². The van der Waals surface area contributed by atoms with Crippen molar-refractivity contribution >= 4 is 23.3 Å². The zero-order valence-electron chi connectivity index (χ0n) is 15.5. The van der Waals surface area contributed by atoms with Gasteiger partial charge in [0, 0.05) is 25.7 Å². The molecule has 2 aliphatic heterocycles. The zero-order valence-corrected chi connectivity index (χ0v) is 15.5. The van der Waals surface area contributed by atoms with Crippen molar-refractivity contribution in [2.24, 2.45) is 0 Å². The van der Waals surface area contributed by atoms with E-state index in [1.807, 2.05) is 0 Å². The molecule has 142 valence electrons. The summed E-state index contributed by atoms with van der Waals surface area (Å²) in [4.78, 5) is 40.5. The van der Waals surface area contributed by atoms with Crippen molar-refractivity contribution in [1.82, 2.24) is 24.6 Å². The summed E-state index contributed by atoms with van der Waals surface area (Å²) in [5, 5.41) is 7.95. The minimum atomic E-state index is -0.685. The van der Waals surface area contributed by atoms with E-state index in [9.17, 15) is 14.4 Å². The second-order valence-electron chi connectivity index (χ2n) is 8.14. The Morgan fingerprint density at radius 1 is 1.22 bits per heavy atom. The number of ketones is 1. The highest BCUT2D eigenvalue weighted by Crippen LogP contribution is 2.38. The summed E-state index contributed by atoms with van der Waals surface area (Å²) >= 11 is 0. The summed E-state index contributed by atoms with van der Waals surface area (Å²) in [5.41, 5.74) is -0.488. The van der Waals surface area contributed by atoms with Crippen LogP contribution >= 0.6 is 0 Å². The van der Waals surface area contributed by atoms with Crippen molar-refractivity contribution in [2.75, 3.05) is 19.6 Å². The third-order valence-corrected chi connectivity index (χ3v) is 4.83. The maximum atomic E-state index is 13.1. The lowest BCUT2D eigenvalue weighted by atomic mass is 9.87. The number of Topliss-reactive ketones (excluding diaryl/α,β-unsaturated/α-hetero) is 1. The first-order valence-corrected chi connectivity index (χ1v) is 8.80. The average molecular weight is 371 g/mol. The van der Waals surface area contributed by atoms with Gasteiger partial charge in [0.2, 0.25) is 0 Å². The number of hydrogen-bond donors (Lipinski definition) is 0. The van der Waals surface area contributed by atoms with Crippen LogP contribution in [0, 0.1) is 0 Å². The van der Waals surface area contributed by atoms with Crippen LogP contribution in [0.4, 0.5) is 4.79 Å². The highest BCUT2D eigenvalue weighted by atomic mass is 16.6. The number of ether oxygens (including phenoxy) is 1. The number of carbonyl (C=O) groups is 3. The van der Waals surface area contributed by atoms with Crippen LogP contribution in [0.5, 0.6) is 0 Å². The predicted molar refractivity (Wildman–Crippen MR) is 94.2 cm³/mol. The molecule has 2 aromatic rings. The number of fused-ring (bicyclic) bond motifs is 1. The van der Waals surface area contributed by atoms with Gasteiger partial charge in [-0.1, -0.05) is 11.3 Å². The Kier molecular flexibility index (Phi) is 3.72. The molecule has 2 fully saturated rings.